The molecule has 2 nitrogen and oxygen atoms in total. The number of nitrogens with two attached hydrogens (primary N) is 1. The van der Waals surface area contributed by atoms with Crippen LogP contribution in [0.25, 0.3) is 0 Å². The predicted molar refractivity (Wildman–Crippen MR) is 67.0 cm³/mol. The monoisotopic (exact) mass is 215 g/mol. The van der Waals surface area contributed by atoms with Crippen LogP contribution in [0.4, 0.5) is 0 Å². The first kappa shape index (κ1) is 14.9. The fourth-order valence-electron chi connectivity index (χ4n) is 1.79. The summed E-state index contributed by atoms with van der Waals surface area (Å²) in [7, 11) is 0. The summed E-state index contributed by atoms with van der Waals surface area (Å²) in [5, 5.41) is 0. The molecule has 2 atom stereocenters. The molecule has 0 heterocycles. The minimum atomic E-state index is 0.221. The van der Waals surface area contributed by atoms with Gasteiger partial charge in [-0.3, -0.25) is 0 Å². The minimum Gasteiger partial charge on any atom is -0.377 e. The second-order valence-electron chi connectivity index (χ2n) is 4.81. The van der Waals surface area contributed by atoms with Gasteiger partial charge in [-0.15, -0.1) is 0 Å². The molecule has 0 saturated heterocycles. The second kappa shape index (κ2) is 9.17. The maximum atomic E-state index is 6.06. The van der Waals surface area contributed by atoms with Crippen LogP contribution in [-0.2, 0) is 4.74 Å². The van der Waals surface area contributed by atoms with Crippen LogP contribution in [0.15, 0.2) is 0 Å². The van der Waals surface area contributed by atoms with E-state index in [9.17, 15) is 0 Å². The molecule has 0 saturated carbocycles. The SMILES string of the molecule is CCCC(N)C(CC)OCCCC(C)C. The average molecular weight is 215 g/mol. The summed E-state index contributed by atoms with van der Waals surface area (Å²) < 4.78 is 5.83. The van der Waals surface area contributed by atoms with Crippen molar-refractivity contribution in [2.24, 2.45) is 11.7 Å². The average Bonchev–Trinajstić information content (AvgIpc) is 2.17. The fourth-order valence-corrected chi connectivity index (χ4v) is 1.79. The molecule has 0 rings (SSSR count). The third-order valence-corrected chi connectivity index (χ3v) is 2.76. The van der Waals surface area contributed by atoms with Crippen LogP contribution in [0.1, 0.15) is 59.8 Å². The zero-order chi connectivity index (χ0) is 11.7. The lowest BCUT2D eigenvalue weighted by Gasteiger charge is -2.22. The van der Waals surface area contributed by atoms with E-state index in [1.54, 1.807) is 0 Å². The van der Waals surface area contributed by atoms with Crippen molar-refractivity contribution in [3.05, 3.63) is 0 Å². The Morgan fingerprint density at radius 3 is 2.27 bits per heavy atom. The van der Waals surface area contributed by atoms with E-state index in [0.29, 0.717) is 0 Å². The molecule has 2 unspecified atom stereocenters. The smallest absolute Gasteiger partial charge is 0.0723 e. The van der Waals surface area contributed by atoms with Crippen LogP contribution >= 0.6 is 0 Å². The van der Waals surface area contributed by atoms with Gasteiger partial charge in [-0.1, -0.05) is 34.1 Å². The standard InChI is InChI=1S/C13H29NO/c1-5-8-12(14)13(6-2)15-10-7-9-11(3)4/h11-13H,5-10,14H2,1-4H3. The normalized spacial score (nSPS) is 15.6. The Hall–Kier alpha value is -0.0800. The molecular formula is C13H29NO. The summed E-state index contributed by atoms with van der Waals surface area (Å²) in [6.45, 7) is 9.70. The van der Waals surface area contributed by atoms with Crippen LogP contribution in [0.2, 0.25) is 0 Å². The second-order valence-corrected chi connectivity index (χ2v) is 4.81. The van der Waals surface area contributed by atoms with E-state index in [4.69, 9.17) is 10.5 Å². The van der Waals surface area contributed by atoms with Gasteiger partial charge in [-0.25, -0.2) is 0 Å². The van der Waals surface area contributed by atoms with Crippen LogP contribution in [0.5, 0.6) is 0 Å². The van der Waals surface area contributed by atoms with Gasteiger partial charge < -0.3 is 10.5 Å². The van der Waals surface area contributed by atoms with Gasteiger partial charge in [-0.2, -0.15) is 0 Å². The third-order valence-electron chi connectivity index (χ3n) is 2.76. The third kappa shape index (κ3) is 7.80. The molecule has 0 aliphatic carbocycles. The highest BCUT2D eigenvalue weighted by atomic mass is 16.5. The highest BCUT2D eigenvalue weighted by Gasteiger charge is 2.15. The van der Waals surface area contributed by atoms with E-state index < -0.39 is 0 Å². The number of ether oxygens (including phenoxy) is 1. The van der Waals surface area contributed by atoms with E-state index >= 15 is 0 Å². The molecule has 2 heteroatoms. The molecular weight excluding hydrogens is 186 g/mol. The predicted octanol–water partition coefficient (Wildman–Crippen LogP) is 3.35. The lowest BCUT2D eigenvalue weighted by Crippen LogP contribution is -2.36. The fraction of sp³-hybridized carbons (Fsp3) is 1.00. The lowest BCUT2D eigenvalue weighted by molar-refractivity contribution is 0.0278. The van der Waals surface area contributed by atoms with E-state index in [1.807, 2.05) is 0 Å². The maximum absolute atomic E-state index is 6.06. The Labute approximate surface area is 95.6 Å². The molecule has 0 aliphatic rings. The number of hydrogen-bond acceptors (Lipinski definition) is 2. The van der Waals surface area contributed by atoms with Gasteiger partial charge in [0, 0.05) is 12.6 Å². The van der Waals surface area contributed by atoms with Gasteiger partial charge >= 0.3 is 0 Å². The minimum absolute atomic E-state index is 0.221. The summed E-state index contributed by atoms with van der Waals surface area (Å²) in [6.07, 6.45) is 5.92. The molecule has 0 spiro atoms. The molecule has 0 radical (unpaired) electrons. The Morgan fingerprint density at radius 1 is 1.13 bits per heavy atom. The molecule has 0 bridgehead atoms. The first-order valence-electron chi connectivity index (χ1n) is 6.48. The van der Waals surface area contributed by atoms with Crippen molar-refractivity contribution in [2.45, 2.75) is 71.9 Å². The van der Waals surface area contributed by atoms with Crippen molar-refractivity contribution < 1.29 is 4.74 Å². The summed E-state index contributed by atoms with van der Waals surface area (Å²) in [5.74, 6) is 0.776. The van der Waals surface area contributed by atoms with Gasteiger partial charge in [0.25, 0.3) is 0 Å². The Balaban J connectivity index is 3.60. The van der Waals surface area contributed by atoms with Crippen molar-refractivity contribution in [2.75, 3.05) is 6.61 Å². The molecule has 0 amide bonds. The van der Waals surface area contributed by atoms with E-state index in [0.717, 1.165) is 38.2 Å². The number of rotatable bonds is 9. The molecule has 0 aromatic heterocycles. The van der Waals surface area contributed by atoms with E-state index in [1.165, 1.54) is 6.42 Å². The molecule has 92 valence electrons. The Bertz CT molecular complexity index is 136. The van der Waals surface area contributed by atoms with Gasteiger partial charge in [0.15, 0.2) is 0 Å². The molecule has 0 aromatic rings. The zero-order valence-corrected chi connectivity index (χ0v) is 11.0. The van der Waals surface area contributed by atoms with Gasteiger partial charge in [0.1, 0.15) is 0 Å². The molecule has 15 heavy (non-hydrogen) atoms. The van der Waals surface area contributed by atoms with Crippen LogP contribution in [0, 0.1) is 5.92 Å². The quantitative estimate of drug-likeness (QED) is 0.599. The van der Waals surface area contributed by atoms with Crippen molar-refractivity contribution in [1.29, 1.82) is 0 Å². The maximum Gasteiger partial charge on any atom is 0.0723 e. The van der Waals surface area contributed by atoms with E-state index in [-0.39, 0.29) is 12.1 Å². The molecule has 0 aromatic carbocycles. The molecule has 0 aliphatic heterocycles. The first-order chi connectivity index (χ1) is 7.11. The highest BCUT2D eigenvalue weighted by molar-refractivity contribution is 4.71. The summed E-state index contributed by atoms with van der Waals surface area (Å²) in [6, 6.07) is 0.221. The van der Waals surface area contributed by atoms with Crippen LogP contribution in [-0.4, -0.2) is 18.8 Å². The van der Waals surface area contributed by atoms with Crippen molar-refractivity contribution >= 4 is 0 Å². The Morgan fingerprint density at radius 2 is 1.80 bits per heavy atom. The van der Waals surface area contributed by atoms with Crippen molar-refractivity contribution in [3.8, 4) is 0 Å². The Kier molecular flexibility index (Phi) is 9.12. The van der Waals surface area contributed by atoms with E-state index in [2.05, 4.69) is 27.7 Å². The number of hydrogen-bond donors (Lipinski definition) is 1. The topological polar surface area (TPSA) is 35.2 Å². The van der Waals surface area contributed by atoms with Gasteiger partial charge in [0.2, 0.25) is 0 Å². The zero-order valence-electron chi connectivity index (χ0n) is 11.0. The summed E-state index contributed by atoms with van der Waals surface area (Å²) in [4.78, 5) is 0. The summed E-state index contributed by atoms with van der Waals surface area (Å²) in [5.41, 5.74) is 6.06. The lowest BCUT2D eigenvalue weighted by atomic mass is 10.0. The molecule has 0 fully saturated rings. The highest BCUT2D eigenvalue weighted by Crippen LogP contribution is 2.10. The van der Waals surface area contributed by atoms with Gasteiger partial charge in [-0.05, 0) is 31.6 Å². The van der Waals surface area contributed by atoms with Crippen LogP contribution < -0.4 is 5.73 Å². The van der Waals surface area contributed by atoms with Crippen LogP contribution in [0.3, 0.4) is 0 Å². The first-order valence-corrected chi connectivity index (χ1v) is 6.48. The summed E-state index contributed by atoms with van der Waals surface area (Å²) >= 11 is 0. The van der Waals surface area contributed by atoms with Gasteiger partial charge in [0.05, 0.1) is 6.10 Å². The van der Waals surface area contributed by atoms with Crippen molar-refractivity contribution in [1.82, 2.24) is 0 Å². The largest absolute Gasteiger partial charge is 0.377 e. The molecule has 2 N–H and O–H groups in total. The van der Waals surface area contributed by atoms with Crippen molar-refractivity contribution in [3.63, 3.8) is 0 Å².